The predicted octanol–water partition coefficient (Wildman–Crippen LogP) is 5.93. The van der Waals surface area contributed by atoms with Gasteiger partial charge in [-0.15, -0.1) is 0 Å². The average molecular weight is 383 g/mol. The normalized spacial score (nSPS) is 17.0. The van der Waals surface area contributed by atoms with Gasteiger partial charge in [0.25, 0.3) is 0 Å². The number of fused-ring (bicyclic) bond motifs is 1. The van der Waals surface area contributed by atoms with Crippen molar-refractivity contribution in [2.45, 2.75) is 20.0 Å². The molecule has 1 aliphatic heterocycles. The molecule has 1 aliphatic rings. The van der Waals surface area contributed by atoms with E-state index < -0.39 is 6.10 Å². The number of hydrogen-bond donors (Lipinski definition) is 0. The van der Waals surface area contributed by atoms with Crippen LogP contribution in [0.3, 0.4) is 0 Å². The molecule has 3 heteroatoms. The van der Waals surface area contributed by atoms with Gasteiger partial charge in [-0.3, -0.25) is 4.79 Å². The SMILES string of the molecule is CCN(CC)c1ccc(/C=C2\C(=O)c3ccccc3OC2c2ccccc2)cc1. The Labute approximate surface area is 172 Å². The van der Waals surface area contributed by atoms with Crippen LogP contribution in [0.2, 0.25) is 0 Å². The predicted molar refractivity (Wildman–Crippen MR) is 119 cm³/mol. The van der Waals surface area contributed by atoms with E-state index in [-0.39, 0.29) is 5.78 Å². The van der Waals surface area contributed by atoms with Crippen molar-refractivity contribution in [1.29, 1.82) is 0 Å². The second-order valence-electron chi connectivity index (χ2n) is 7.10. The third-order valence-electron chi connectivity index (χ3n) is 5.37. The fraction of sp³-hybridized carbons (Fsp3) is 0.192. The maximum atomic E-state index is 13.3. The molecule has 146 valence electrons. The van der Waals surface area contributed by atoms with Crippen LogP contribution in [0.25, 0.3) is 6.08 Å². The Morgan fingerprint density at radius 2 is 1.52 bits per heavy atom. The number of nitrogens with zero attached hydrogens (tertiary/aromatic N) is 1. The number of para-hydroxylation sites is 1. The summed E-state index contributed by atoms with van der Waals surface area (Å²) in [5, 5.41) is 0. The summed E-state index contributed by atoms with van der Waals surface area (Å²) in [7, 11) is 0. The lowest BCUT2D eigenvalue weighted by Gasteiger charge is -2.28. The Morgan fingerprint density at radius 1 is 0.862 bits per heavy atom. The Bertz CT molecular complexity index is 1020. The van der Waals surface area contributed by atoms with Crippen LogP contribution >= 0.6 is 0 Å². The van der Waals surface area contributed by atoms with E-state index in [0.717, 1.165) is 24.2 Å². The minimum atomic E-state index is -0.416. The summed E-state index contributed by atoms with van der Waals surface area (Å²) in [5.74, 6) is 0.661. The largest absolute Gasteiger partial charge is 0.480 e. The van der Waals surface area contributed by atoms with Gasteiger partial charge in [0.1, 0.15) is 5.75 Å². The van der Waals surface area contributed by atoms with E-state index in [1.54, 1.807) is 0 Å². The Kier molecular flexibility index (Phi) is 5.48. The maximum absolute atomic E-state index is 13.3. The van der Waals surface area contributed by atoms with Gasteiger partial charge in [0.15, 0.2) is 11.9 Å². The van der Waals surface area contributed by atoms with Crippen LogP contribution in [0.5, 0.6) is 5.75 Å². The Balaban J connectivity index is 1.75. The molecule has 29 heavy (non-hydrogen) atoms. The zero-order valence-corrected chi connectivity index (χ0v) is 16.8. The molecule has 0 aromatic heterocycles. The minimum absolute atomic E-state index is 0.0218. The monoisotopic (exact) mass is 383 g/mol. The second-order valence-corrected chi connectivity index (χ2v) is 7.10. The van der Waals surface area contributed by atoms with E-state index in [1.165, 1.54) is 5.69 Å². The van der Waals surface area contributed by atoms with Gasteiger partial charge in [-0.25, -0.2) is 0 Å². The van der Waals surface area contributed by atoms with Gasteiger partial charge < -0.3 is 9.64 Å². The molecule has 0 radical (unpaired) electrons. The highest BCUT2D eigenvalue weighted by Gasteiger charge is 2.32. The van der Waals surface area contributed by atoms with Crippen molar-refractivity contribution < 1.29 is 9.53 Å². The molecule has 0 fully saturated rings. The van der Waals surface area contributed by atoms with E-state index >= 15 is 0 Å². The van der Waals surface area contributed by atoms with E-state index in [1.807, 2.05) is 60.7 Å². The summed E-state index contributed by atoms with van der Waals surface area (Å²) in [6, 6.07) is 25.7. The number of ether oxygens (including phenoxy) is 1. The summed E-state index contributed by atoms with van der Waals surface area (Å²) in [5.41, 5.74) is 4.43. The molecular weight excluding hydrogens is 358 g/mol. The number of anilines is 1. The fourth-order valence-corrected chi connectivity index (χ4v) is 3.79. The van der Waals surface area contributed by atoms with Gasteiger partial charge >= 0.3 is 0 Å². The molecule has 0 spiro atoms. The summed E-state index contributed by atoms with van der Waals surface area (Å²) >= 11 is 0. The van der Waals surface area contributed by atoms with Gasteiger partial charge in [-0.1, -0.05) is 54.6 Å². The Morgan fingerprint density at radius 3 is 2.21 bits per heavy atom. The lowest BCUT2D eigenvalue weighted by molar-refractivity contribution is 0.0963. The van der Waals surface area contributed by atoms with E-state index in [0.29, 0.717) is 16.9 Å². The first kappa shape index (κ1) is 19.0. The van der Waals surface area contributed by atoms with Crippen molar-refractivity contribution in [2.75, 3.05) is 18.0 Å². The molecule has 3 aromatic carbocycles. The lowest BCUT2D eigenvalue weighted by atomic mass is 9.89. The highest BCUT2D eigenvalue weighted by atomic mass is 16.5. The molecule has 0 saturated carbocycles. The van der Waals surface area contributed by atoms with Crippen LogP contribution in [0, 0.1) is 0 Å². The van der Waals surface area contributed by atoms with Gasteiger partial charge in [0.05, 0.1) is 5.56 Å². The van der Waals surface area contributed by atoms with Crippen molar-refractivity contribution in [3.05, 3.63) is 101 Å². The molecule has 0 amide bonds. The fourth-order valence-electron chi connectivity index (χ4n) is 3.79. The molecule has 0 saturated heterocycles. The number of carbonyl (C=O) groups excluding carboxylic acids is 1. The van der Waals surface area contributed by atoms with E-state index in [4.69, 9.17) is 4.74 Å². The van der Waals surface area contributed by atoms with Crippen molar-refractivity contribution in [3.8, 4) is 5.75 Å². The minimum Gasteiger partial charge on any atom is -0.480 e. The quantitative estimate of drug-likeness (QED) is 0.511. The van der Waals surface area contributed by atoms with Gasteiger partial charge in [0.2, 0.25) is 0 Å². The molecule has 0 aliphatic carbocycles. The lowest BCUT2D eigenvalue weighted by Crippen LogP contribution is -2.23. The van der Waals surface area contributed by atoms with Crippen LogP contribution in [-0.4, -0.2) is 18.9 Å². The summed E-state index contributed by atoms with van der Waals surface area (Å²) in [6.07, 6.45) is 1.54. The second kappa shape index (κ2) is 8.36. The number of rotatable bonds is 5. The molecule has 3 nitrogen and oxygen atoms in total. The van der Waals surface area contributed by atoms with Crippen LogP contribution in [0.4, 0.5) is 5.69 Å². The van der Waals surface area contributed by atoms with Crippen molar-refractivity contribution >= 4 is 17.5 Å². The van der Waals surface area contributed by atoms with Crippen molar-refractivity contribution in [1.82, 2.24) is 0 Å². The highest BCUT2D eigenvalue weighted by molar-refractivity contribution is 6.14. The zero-order valence-electron chi connectivity index (χ0n) is 16.8. The van der Waals surface area contributed by atoms with E-state index in [2.05, 4.69) is 43.0 Å². The molecule has 0 bridgehead atoms. The molecule has 3 aromatic rings. The van der Waals surface area contributed by atoms with Gasteiger partial charge in [-0.2, -0.15) is 0 Å². The maximum Gasteiger partial charge on any atom is 0.196 e. The van der Waals surface area contributed by atoms with Crippen LogP contribution in [0.15, 0.2) is 84.4 Å². The zero-order chi connectivity index (χ0) is 20.2. The number of ketones is 1. The molecular formula is C26H25NO2. The first-order valence-electron chi connectivity index (χ1n) is 10.1. The molecule has 4 rings (SSSR count). The summed E-state index contributed by atoms with van der Waals surface area (Å²) in [6.45, 7) is 6.24. The molecule has 1 unspecified atom stereocenters. The van der Waals surface area contributed by atoms with E-state index in [9.17, 15) is 4.79 Å². The number of Topliss-reactive ketones (excluding diaryl/α,β-unsaturated/α-hetero) is 1. The molecule has 1 heterocycles. The number of carbonyl (C=O) groups is 1. The van der Waals surface area contributed by atoms with Crippen molar-refractivity contribution in [2.24, 2.45) is 0 Å². The highest BCUT2D eigenvalue weighted by Crippen LogP contribution is 2.39. The Hall–Kier alpha value is -3.33. The van der Waals surface area contributed by atoms with Gasteiger partial charge in [0, 0.05) is 24.4 Å². The first-order chi connectivity index (χ1) is 14.2. The topological polar surface area (TPSA) is 29.5 Å². The number of hydrogen-bond acceptors (Lipinski definition) is 3. The summed E-state index contributed by atoms with van der Waals surface area (Å²) in [4.78, 5) is 15.6. The smallest absolute Gasteiger partial charge is 0.196 e. The molecule has 0 N–H and O–H groups in total. The molecule has 1 atom stereocenters. The number of benzene rings is 3. The van der Waals surface area contributed by atoms with Gasteiger partial charge in [-0.05, 0) is 55.3 Å². The van der Waals surface area contributed by atoms with Crippen LogP contribution in [0.1, 0.15) is 41.4 Å². The average Bonchev–Trinajstić information content (AvgIpc) is 2.78. The standard InChI is InChI=1S/C26H25NO2/c1-3-27(4-2)21-16-14-19(15-17-21)18-23-25(28)22-12-8-9-13-24(22)29-26(23)20-10-6-5-7-11-20/h5-18,26H,3-4H2,1-2H3/b23-18+. The summed E-state index contributed by atoms with van der Waals surface area (Å²) < 4.78 is 6.27. The third kappa shape index (κ3) is 3.81. The van der Waals surface area contributed by atoms with Crippen molar-refractivity contribution in [3.63, 3.8) is 0 Å². The third-order valence-corrected chi connectivity index (χ3v) is 5.37. The van der Waals surface area contributed by atoms with Crippen LogP contribution < -0.4 is 9.64 Å². The first-order valence-corrected chi connectivity index (χ1v) is 10.1. The van der Waals surface area contributed by atoms with Crippen LogP contribution in [-0.2, 0) is 0 Å².